The van der Waals surface area contributed by atoms with Gasteiger partial charge in [-0.2, -0.15) is 0 Å². The molecule has 8 aromatic rings. The fourth-order valence-corrected chi connectivity index (χ4v) is 8.32. The monoisotopic (exact) mass is 1040 g/mol. The molecule has 0 bridgehead atoms. The number of rotatable bonds is 9. The van der Waals surface area contributed by atoms with E-state index in [1.165, 1.54) is 55.6 Å². The van der Waals surface area contributed by atoms with Crippen molar-refractivity contribution in [3.8, 4) is 50.3 Å². The van der Waals surface area contributed by atoms with Gasteiger partial charge in [0.25, 0.3) is 0 Å². The molecule has 0 fully saturated rings. The molecular formula is C61H60ClF8N3O. The van der Waals surface area contributed by atoms with Crippen LogP contribution in [0.5, 0.6) is 5.75 Å². The highest BCUT2D eigenvalue weighted by Gasteiger charge is 2.19. The molecule has 0 saturated heterocycles. The lowest BCUT2D eigenvalue weighted by molar-refractivity contribution is 0.415. The molecule has 4 nitrogen and oxygen atoms in total. The molecule has 0 aliphatic carbocycles. The molecule has 388 valence electrons. The molecule has 0 amide bonds. The predicted octanol–water partition coefficient (Wildman–Crippen LogP) is 18.8. The molecule has 0 unspecified atom stereocenters. The molecular weight excluding hydrogens is 978 g/mol. The highest BCUT2D eigenvalue weighted by molar-refractivity contribution is 6.32. The van der Waals surface area contributed by atoms with Crippen LogP contribution < -0.4 is 4.74 Å². The molecule has 3 aromatic heterocycles. The average Bonchev–Trinajstić information content (AvgIpc) is 3.31. The van der Waals surface area contributed by atoms with Crippen molar-refractivity contribution in [1.82, 2.24) is 15.0 Å². The number of nitrogens with zero attached hydrogens (tertiary/aromatic N) is 3. The second kappa shape index (κ2) is 25.8. The maximum absolute atomic E-state index is 14.0. The van der Waals surface area contributed by atoms with E-state index in [9.17, 15) is 35.1 Å². The second-order valence-corrected chi connectivity index (χ2v) is 19.4. The van der Waals surface area contributed by atoms with Crippen LogP contribution >= 0.6 is 11.6 Å². The SMILES string of the molecule is COc1cc(-c2cc(F)c(C(C)C)c(F)c2)ccc1Cl.Cc1cc(-c2cc(F)c(C(C)C)c(F)c2)ccn1.Cc1ccc(-c2cc(F)c(C(C)C)c(F)c2)cn1.Cc1cncc(-c2cc(F)c(C(C)C)c(F)c2)c1. The van der Waals surface area contributed by atoms with Gasteiger partial charge in [0.05, 0.1) is 12.1 Å². The molecule has 8 rings (SSSR count). The average molecular weight is 1040 g/mol. The van der Waals surface area contributed by atoms with E-state index in [2.05, 4.69) is 15.0 Å². The van der Waals surface area contributed by atoms with Crippen molar-refractivity contribution in [3.63, 3.8) is 0 Å². The summed E-state index contributed by atoms with van der Waals surface area (Å²) in [5, 5.41) is 0.455. The number of methoxy groups -OCH3 is 1. The summed E-state index contributed by atoms with van der Waals surface area (Å²) in [6.07, 6.45) is 6.57. The smallest absolute Gasteiger partial charge is 0.138 e. The Morgan fingerprint density at radius 2 is 0.757 bits per heavy atom. The van der Waals surface area contributed by atoms with Crippen LogP contribution in [0.2, 0.25) is 5.02 Å². The first-order valence-corrected chi connectivity index (χ1v) is 24.4. The molecule has 74 heavy (non-hydrogen) atoms. The van der Waals surface area contributed by atoms with Gasteiger partial charge in [0.15, 0.2) is 0 Å². The summed E-state index contributed by atoms with van der Waals surface area (Å²) in [6.45, 7) is 19.8. The fourth-order valence-electron chi connectivity index (χ4n) is 8.13. The van der Waals surface area contributed by atoms with Gasteiger partial charge in [0.1, 0.15) is 52.3 Å². The number of hydrogen-bond donors (Lipinski definition) is 0. The molecule has 0 aliphatic heterocycles. The standard InChI is InChI=1S/C16H15ClF2O.3C15H15F2N/c1-9(2)16-13(18)6-11(7-14(16)19)10-4-5-12(17)15(8-10)20-3;1-9(2)15-13(16)5-11(6-14(15)17)12-4-10(3)7-18-8-12;1-9(2)15-13(16)7-12(8-14(15)17)11-4-5-18-10(3)6-11;1-9(2)15-13(16)6-12(7-14(15)17)11-5-4-10(3)18-8-11/h4-9H,1-3H3;3*4-9H,1-3H3. The molecule has 0 N–H and O–H groups in total. The number of aryl methyl sites for hydroxylation is 3. The Morgan fingerprint density at radius 3 is 1.11 bits per heavy atom. The molecule has 5 aromatic carbocycles. The largest absolute Gasteiger partial charge is 0.495 e. The molecule has 0 aliphatic rings. The third-order valence-corrected chi connectivity index (χ3v) is 12.1. The molecule has 0 spiro atoms. The van der Waals surface area contributed by atoms with E-state index in [0.29, 0.717) is 44.2 Å². The lowest BCUT2D eigenvalue weighted by Gasteiger charge is -2.12. The van der Waals surface area contributed by atoms with E-state index < -0.39 is 46.5 Å². The molecule has 0 saturated carbocycles. The zero-order valence-corrected chi connectivity index (χ0v) is 44.3. The first kappa shape index (κ1) is 58.0. The summed E-state index contributed by atoms with van der Waals surface area (Å²) < 4.78 is 116. The van der Waals surface area contributed by atoms with Gasteiger partial charge < -0.3 is 4.74 Å². The van der Waals surface area contributed by atoms with Gasteiger partial charge >= 0.3 is 0 Å². The first-order valence-electron chi connectivity index (χ1n) is 24.0. The Bertz CT molecular complexity index is 3010. The zero-order valence-electron chi connectivity index (χ0n) is 43.5. The van der Waals surface area contributed by atoms with Gasteiger partial charge in [-0.15, -0.1) is 0 Å². The van der Waals surface area contributed by atoms with Crippen LogP contribution in [-0.4, -0.2) is 22.1 Å². The van der Waals surface area contributed by atoms with Crippen molar-refractivity contribution < 1.29 is 39.9 Å². The Hall–Kier alpha value is -6.92. The van der Waals surface area contributed by atoms with Gasteiger partial charge in [0, 0.05) is 69.6 Å². The number of pyridine rings is 3. The minimum absolute atomic E-state index is 0.106. The Labute approximate surface area is 434 Å². The molecule has 0 atom stereocenters. The van der Waals surface area contributed by atoms with Crippen LogP contribution in [-0.2, 0) is 0 Å². The van der Waals surface area contributed by atoms with Gasteiger partial charge in [0.2, 0.25) is 0 Å². The first-order chi connectivity index (χ1) is 34.9. The van der Waals surface area contributed by atoms with Gasteiger partial charge in [-0.05, 0) is 168 Å². The summed E-state index contributed by atoms with van der Waals surface area (Å²) in [5.41, 5.74) is 8.08. The lowest BCUT2D eigenvalue weighted by atomic mass is 9.97. The topological polar surface area (TPSA) is 47.9 Å². The van der Waals surface area contributed by atoms with Crippen molar-refractivity contribution in [2.45, 2.75) is 99.8 Å². The molecule has 0 radical (unpaired) electrons. The van der Waals surface area contributed by atoms with E-state index in [0.717, 1.165) is 28.1 Å². The summed E-state index contributed by atoms with van der Waals surface area (Å²) in [6, 6.07) is 25.0. The number of benzene rings is 5. The van der Waals surface area contributed by atoms with Gasteiger partial charge in [-0.25, -0.2) is 35.1 Å². The van der Waals surface area contributed by atoms with E-state index in [-0.39, 0.29) is 45.9 Å². The van der Waals surface area contributed by atoms with Crippen molar-refractivity contribution in [2.24, 2.45) is 0 Å². The van der Waals surface area contributed by atoms with Gasteiger partial charge in [-0.1, -0.05) is 79.1 Å². The van der Waals surface area contributed by atoms with E-state index in [1.807, 2.05) is 45.0 Å². The zero-order chi connectivity index (χ0) is 54.7. The maximum atomic E-state index is 14.0. The van der Waals surface area contributed by atoms with Crippen molar-refractivity contribution >= 4 is 11.6 Å². The van der Waals surface area contributed by atoms with Crippen LogP contribution in [0, 0.1) is 67.3 Å². The predicted molar refractivity (Wildman–Crippen MR) is 283 cm³/mol. The molecule has 3 heterocycles. The highest BCUT2D eigenvalue weighted by Crippen LogP contribution is 2.35. The second-order valence-electron chi connectivity index (χ2n) is 19.0. The summed E-state index contributed by atoms with van der Waals surface area (Å²) in [4.78, 5) is 12.2. The van der Waals surface area contributed by atoms with Gasteiger partial charge in [-0.3, -0.25) is 15.0 Å². The third-order valence-electron chi connectivity index (χ3n) is 11.8. The lowest BCUT2D eigenvalue weighted by Crippen LogP contribution is -1.99. The van der Waals surface area contributed by atoms with Crippen LogP contribution in [0.4, 0.5) is 35.1 Å². The van der Waals surface area contributed by atoms with Crippen LogP contribution in [0.15, 0.2) is 122 Å². The van der Waals surface area contributed by atoms with E-state index >= 15 is 0 Å². The number of ether oxygens (including phenoxy) is 1. The van der Waals surface area contributed by atoms with Crippen molar-refractivity contribution in [1.29, 1.82) is 0 Å². The Balaban J connectivity index is 0.000000183. The third kappa shape index (κ3) is 14.9. The Kier molecular flexibility index (Phi) is 20.2. The number of halogens is 9. The quantitative estimate of drug-likeness (QED) is 0.135. The van der Waals surface area contributed by atoms with Crippen LogP contribution in [0.3, 0.4) is 0 Å². The minimum atomic E-state index is -0.538. The van der Waals surface area contributed by atoms with Crippen molar-refractivity contribution in [2.75, 3.05) is 7.11 Å². The minimum Gasteiger partial charge on any atom is -0.495 e. The Morgan fingerprint density at radius 1 is 0.378 bits per heavy atom. The van der Waals surface area contributed by atoms with Crippen LogP contribution in [0.25, 0.3) is 44.5 Å². The summed E-state index contributed by atoms with van der Waals surface area (Å²) in [5.74, 6) is -4.30. The fraction of sp³-hybridized carbons (Fsp3) is 0.262. The maximum Gasteiger partial charge on any atom is 0.138 e. The van der Waals surface area contributed by atoms with Crippen LogP contribution in [0.1, 0.15) is 118 Å². The molecule has 13 heteroatoms. The van der Waals surface area contributed by atoms with E-state index in [4.69, 9.17) is 16.3 Å². The summed E-state index contributed by atoms with van der Waals surface area (Å²) >= 11 is 5.94. The van der Waals surface area contributed by atoms with E-state index in [1.54, 1.807) is 104 Å². The summed E-state index contributed by atoms with van der Waals surface area (Å²) in [7, 11) is 1.49. The number of aromatic nitrogens is 3. The highest BCUT2D eigenvalue weighted by atomic mass is 35.5. The number of hydrogen-bond acceptors (Lipinski definition) is 4. The van der Waals surface area contributed by atoms with Crippen molar-refractivity contribution in [3.05, 3.63) is 213 Å². The normalized spacial score (nSPS) is 11.0.